The molecule has 1 N–H and O–H groups in total. The van der Waals surface area contributed by atoms with Crippen LogP contribution in [0, 0.1) is 5.92 Å². The average Bonchev–Trinajstić information content (AvgIpc) is 2.78. The Hall–Kier alpha value is -2.71. The Bertz CT molecular complexity index is 1060. The van der Waals surface area contributed by atoms with E-state index in [4.69, 9.17) is 0 Å². The minimum atomic E-state index is -3.44. The molecule has 2 amide bonds. The zero-order chi connectivity index (χ0) is 21.8. The normalized spacial score (nSPS) is 19.5. The van der Waals surface area contributed by atoms with Gasteiger partial charge < -0.3 is 10.2 Å². The van der Waals surface area contributed by atoms with Gasteiger partial charge in [-0.25, -0.2) is 12.7 Å². The van der Waals surface area contributed by atoms with Crippen molar-refractivity contribution in [1.82, 2.24) is 4.31 Å². The molecule has 0 saturated carbocycles. The number of nitrogens with one attached hydrogen (secondary N) is 1. The molecule has 164 valence electrons. The van der Waals surface area contributed by atoms with Crippen molar-refractivity contribution < 1.29 is 18.0 Å². The lowest BCUT2D eigenvalue weighted by Gasteiger charge is -2.36. The highest BCUT2D eigenvalue weighted by atomic mass is 32.2. The zero-order valence-electron chi connectivity index (χ0n) is 17.4. The number of piperidine rings is 1. The Morgan fingerprint density at radius 1 is 1.06 bits per heavy atom. The van der Waals surface area contributed by atoms with Crippen LogP contribution in [0.25, 0.3) is 0 Å². The molecule has 8 heteroatoms. The monoisotopic (exact) mass is 441 g/mol. The lowest BCUT2D eigenvalue weighted by molar-refractivity contribution is -0.125. The Kier molecular flexibility index (Phi) is 6.38. The van der Waals surface area contributed by atoms with Crippen molar-refractivity contribution in [2.45, 2.75) is 25.7 Å². The third-order valence-corrected chi connectivity index (χ3v) is 7.80. The van der Waals surface area contributed by atoms with Gasteiger partial charge in [0.2, 0.25) is 21.8 Å². The molecule has 2 aliphatic rings. The Morgan fingerprint density at radius 3 is 2.61 bits per heavy atom. The first-order chi connectivity index (χ1) is 14.9. The molecule has 1 atom stereocenters. The maximum Gasteiger partial charge on any atom is 0.244 e. The summed E-state index contributed by atoms with van der Waals surface area (Å²) in [4.78, 5) is 26.8. The predicted molar refractivity (Wildman–Crippen MR) is 120 cm³/mol. The van der Waals surface area contributed by atoms with Crippen LogP contribution in [-0.4, -0.2) is 49.9 Å². The highest BCUT2D eigenvalue weighted by Crippen LogP contribution is 2.32. The molecule has 2 heterocycles. The molecule has 0 unspecified atom stereocenters. The number of carbonyl (C=O) groups excluding carboxylic acids is 2. The van der Waals surface area contributed by atoms with Gasteiger partial charge in [-0.2, -0.15) is 0 Å². The summed E-state index contributed by atoms with van der Waals surface area (Å²) in [6.45, 7) is 0.567. The van der Waals surface area contributed by atoms with Crippen molar-refractivity contribution in [3.05, 3.63) is 60.2 Å². The average molecular weight is 442 g/mol. The summed E-state index contributed by atoms with van der Waals surface area (Å²) in [6, 6.07) is 17.0. The molecule has 0 bridgehead atoms. The number of amides is 2. The number of para-hydroxylation sites is 2. The van der Waals surface area contributed by atoms with Crippen LogP contribution in [0.15, 0.2) is 54.6 Å². The molecule has 2 aliphatic heterocycles. The van der Waals surface area contributed by atoms with Gasteiger partial charge in [0.15, 0.2) is 0 Å². The Morgan fingerprint density at radius 2 is 1.81 bits per heavy atom. The Balaban J connectivity index is 1.41. The van der Waals surface area contributed by atoms with E-state index in [1.54, 1.807) is 18.2 Å². The highest BCUT2D eigenvalue weighted by Gasteiger charge is 2.36. The maximum absolute atomic E-state index is 13.3. The molecule has 1 saturated heterocycles. The second kappa shape index (κ2) is 9.20. The molecule has 0 aromatic heterocycles. The van der Waals surface area contributed by atoms with Gasteiger partial charge in [-0.15, -0.1) is 0 Å². The molecule has 0 spiro atoms. The number of hydrogen-bond acceptors (Lipinski definition) is 4. The number of carbonyl (C=O) groups is 2. The SMILES string of the molecule is O=C1CN(C(=O)[C@H]2CCCN(S(=O)(=O)CCCc3ccccc3)C2)c2ccccc2N1. The summed E-state index contributed by atoms with van der Waals surface area (Å²) in [5.41, 5.74) is 2.38. The fourth-order valence-corrected chi connectivity index (χ4v) is 5.86. The number of rotatable bonds is 6. The van der Waals surface area contributed by atoms with Crippen molar-refractivity contribution >= 4 is 33.2 Å². The summed E-state index contributed by atoms with van der Waals surface area (Å²) < 4.78 is 27.3. The topological polar surface area (TPSA) is 86.8 Å². The summed E-state index contributed by atoms with van der Waals surface area (Å²) >= 11 is 0. The van der Waals surface area contributed by atoms with Crippen LogP contribution < -0.4 is 10.2 Å². The van der Waals surface area contributed by atoms with E-state index in [1.807, 2.05) is 36.4 Å². The Labute approximate surface area is 183 Å². The van der Waals surface area contributed by atoms with Gasteiger partial charge in [-0.3, -0.25) is 9.59 Å². The minimum absolute atomic E-state index is 0.0455. The van der Waals surface area contributed by atoms with Gasteiger partial charge in [0.1, 0.15) is 6.54 Å². The van der Waals surface area contributed by atoms with E-state index in [2.05, 4.69) is 5.32 Å². The van der Waals surface area contributed by atoms with Crippen LogP contribution in [0.3, 0.4) is 0 Å². The van der Waals surface area contributed by atoms with Crippen molar-refractivity contribution in [2.75, 3.05) is 35.6 Å². The number of aryl methyl sites for hydroxylation is 1. The van der Waals surface area contributed by atoms with E-state index >= 15 is 0 Å². The van der Waals surface area contributed by atoms with E-state index in [1.165, 1.54) is 9.21 Å². The number of fused-ring (bicyclic) bond motifs is 1. The number of benzene rings is 2. The quantitative estimate of drug-likeness (QED) is 0.747. The standard InChI is InChI=1S/C23H27N3O4S/c27-22-17-26(21-13-5-4-12-20(21)24-22)23(28)19-11-6-14-25(16-19)31(29,30)15-7-10-18-8-2-1-3-9-18/h1-5,8-9,12-13,19H,6-7,10-11,14-17H2,(H,24,27)/t19-/m0/s1. The van der Waals surface area contributed by atoms with Gasteiger partial charge in [0.05, 0.1) is 23.0 Å². The minimum Gasteiger partial charge on any atom is -0.323 e. The molecule has 1 fully saturated rings. The highest BCUT2D eigenvalue weighted by molar-refractivity contribution is 7.89. The number of sulfonamides is 1. The molecule has 7 nitrogen and oxygen atoms in total. The first kappa shape index (κ1) is 21.5. The molecular weight excluding hydrogens is 414 g/mol. The van der Waals surface area contributed by atoms with Crippen LogP contribution in [0.1, 0.15) is 24.8 Å². The van der Waals surface area contributed by atoms with E-state index in [0.29, 0.717) is 43.6 Å². The molecule has 0 radical (unpaired) electrons. The van der Waals surface area contributed by atoms with E-state index in [9.17, 15) is 18.0 Å². The zero-order valence-corrected chi connectivity index (χ0v) is 18.2. The summed E-state index contributed by atoms with van der Waals surface area (Å²) in [6.07, 6.45) is 2.50. The molecular formula is C23H27N3O4S. The summed E-state index contributed by atoms with van der Waals surface area (Å²) in [5.74, 6) is -0.811. The molecule has 2 aromatic rings. The van der Waals surface area contributed by atoms with Crippen LogP contribution in [-0.2, 0) is 26.0 Å². The van der Waals surface area contributed by atoms with Crippen LogP contribution in [0.5, 0.6) is 0 Å². The number of anilines is 2. The fourth-order valence-electron chi connectivity index (χ4n) is 4.28. The van der Waals surface area contributed by atoms with Gasteiger partial charge in [0, 0.05) is 13.1 Å². The largest absolute Gasteiger partial charge is 0.323 e. The van der Waals surface area contributed by atoms with Gasteiger partial charge in [0.25, 0.3) is 0 Å². The first-order valence-electron chi connectivity index (χ1n) is 10.7. The second-order valence-electron chi connectivity index (χ2n) is 8.09. The summed E-state index contributed by atoms with van der Waals surface area (Å²) in [7, 11) is -3.44. The maximum atomic E-state index is 13.3. The summed E-state index contributed by atoms with van der Waals surface area (Å²) in [5, 5.41) is 2.78. The number of nitrogens with zero attached hydrogens (tertiary/aromatic N) is 2. The number of hydrogen-bond donors (Lipinski definition) is 1. The third-order valence-electron chi connectivity index (χ3n) is 5.87. The lowest BCUT2D eigenvalue weighted by Crippen LogP contribution is -2.50. The van der Waals surface area contributed by atoms with Crippen LogP contribution >= 0.6 is 0 Å². The van der Waals surface area contributed by atoms with Crippen LogP contribution in [0.4, 0.5) is 11.4 Å². The molecule has 31 heavy (non-hydrogen) atoms. The van der Waals surface area contributed by atoms with Gasteiger partial charge >= 0.3 is 0 Å². The van der Waals surface area contributed by atoms with Crippen molar-refractivity contribution in [1.29, 1.82) is 0 Å². The van der Waals surface area contributed by atoms with E-state index in [-0.39, 0.29) is 30.7 Å². The fraction of sp³-hybridized carbons (Fsp3) is 0.391. The van der Waals surface area contributed by atoms with E-state index in [0.717, 1.165) is 5.56 Å². The third kappa shape index (κ3) is 4.97. The smallest absolute Gasteiger partial charge is 0.244 e. The van der Waals surface area contributed by atoms with Crippen molar-refractivity contribution in [3.63, 3.8) is 0 Å². The lowest BCUT2D eigenvalue weighted by atomic mass is 9.97. The molecule has 4 rings (SSSR count). The second-order valence-corrected chi connectivity index (χ2v) is 10.2. The molecule has 0 aliphatic carbocycles. The predicted octanol–water partition coefficient (Wildman–Crippen LogP) is 2.65. The van der Waals surface area contributed by atoms with Gasteiger partial charge in [-0.05, 0) is 43.4 Å². The van der Waals surface area contributed by atoms with Crippen molar-refractivity contribution in [2.24, 2.45) is 5.92 Å². The van der Waals surface area contributed by atoms with Gasteiger partial charge in [-0.1, -0.05) is 42.5 Å². The van der Waals surface area contributed by atoms with Crippen molar-refractivity contribution in [3.8, 4) is 0 Å². The molecule has 2 aromatic carbocycles. The van der Waals surface area contributed by atoms with E-state index < -0.39 is 15.9 Å². The van der Waals surface area contributed by atoms with Crippen LogP contribution in [0.2, 0.25) is 0 Å². The first-order valence-corrected chi connectivity index (χ1v) is 12.3.